The summed E-state index contributed by atoms with van der Waals surface area (Å²) in [4.78, 5) is 28.3. The first-order valence-corrected chi connectivity index (χ1v) is 12.0. The first-order chi connectivity index (χ1) is 16.8. The van der Waals surface area contributed by atoms with Gasteiger partial charge in [-0.15, -0.1) is 0 Å². The summed E-state index contributed by atoms with van der Waals surface area (Å²) in [5, 5.41) is 6.42. The quantitative estimate of drug-likeness (QED) is 0.600. The molecular formula is C27H33N3O5. The molecule has 2 aromatic rings. The van der Waals surface area contributed by atoms with Gasteiger partial charge in [0, 0.05) is 24.2 Å². The second-order valence-corrected chi connectivity index (χ2v) is 9.28. The molecule has 1 fully saturated rings. The van der Waals surface area contributed by atoms with Crippen LogP contribution in [0.5, 0.6) is 17.2 Å². The highest BCUT2D eigenvalue weighted by molar-refractivity contribution is 6.19. The Hall–Kier alpha value is -3.55. The van der Waals surface area contributed by atoms with Crippen LogP contribution >= 0.6 is 0 Å². The molecule has 0 bridgehead atoms. The van der Waals surface area contributed by atoms with Gasteiger partial charge in [0.2, 0.25) is 0 Å². The van der Waals surface area contributed by atoms with E-state index in [-0.39, 0.29) is 17.9 Å². The van der Waals surface area contributed by atoms with E-state index in [1.54, 1.807) is 25.3 Å². The highest BCUT2D eigenvalue weighted by Gasteiger charge is 2.47. The van der Waals surface area contributed by atoms with Gasteiger partial charge in [0.1, 0.15) is 5.75 Å². The summed E-state index contributed by atoms with van der Waals surface area (Å²) in [5.41, 5.74) is 1.37. The summed E-state index contributed by atoms with van der Waals surface area (Å²) in [7, 11) is 3.18. The average molecular weight is 480 g/mol. The predicted molar refractivity (Wildman–Crippen MR) is 133 cm³/mol. The van der Waals surface area contributed by atoms with Gasteiger partial charge in [0.15, 0.2) is 11.5 Å². The Kier molecular flexibility index (Phi) is 7.00. The molecule has 186 valence electrons. The van der Waals surface area contributed by atoms with Crippen molar-refractivity contribution >= 4 is 17.5 Å². The molecule has 2 aromatic carbocycles. The van der Waals surface area contributed by atoms with Gasteiger partial charge in [-0.2, -0.15) is 5.10 Å². The van der Waals surface area contributed by atoms with E-state index in [1.807, 2.05) is 62.1 Å². The second kappa shape index (κ2) is 9.98. The van der Waals surface area contributed by atoms with Crippen molar-refractivity contribution in [2.24, 2.45) is 10.5 Å². The Labute approximate surface area is 206 Å². The van der Waals surface area contributed by atoms with E-state index in [1.165, 1.54) is 0 Å². The zero-order valence-electron chi connectivity index (χ0n) is 21.0. The number of carbonyl (C=O) groups excluding carboxylic acids is 2. The van der Waals surface area contributed by atoms with E-state index < -0.39 is 5.41 Å². The molecule has 0 unspecified atom stereocenters. The fraction of sp³-hybridized carbons (Fsp3) is 0.444. The lowest BCUT2D eigenvalue weighted by molar-refractivity contribution is -0.137. The molecule has 0 spiro atoms. The van der Waals surface area contributed by atoms with Crippen molar-refractivity contribution in [2.75, 3.05) is 33.9 Å². The number of methoxy groups -OCH3 is 2. The molecule has 0 atom stereocenters. The normalized spacial score (nSPS) is 17.9. The van der Waals surface area contributed by atoms with Crippen molar-refractivity contribution in [3.63, 3.8) is 0 Å². The van der Waals surface area contributed by atoms with Crippen LogP contribution < -0.4 is 14.2 Å². The summed E-state index contributed by atoms with van der Waals surface area (Å²) < 4.78 is 16.3. The number of piperidine rings is 1. The van der Waals surface area contributed by atoms with Crippen molar-refractivity contribution < 1.29 is 23.8 Å². The van der Waals surface area contributed by atoms with E-state index in [0.29, 0.717) is 61.1 Å². The standard InChI is InChI=1S/C27H33N3O5/c1-6-35-21-9-7-8-19(16-21)25(31)29-14-12-20(13-15-29)30-26(32)27(2,3)24(28-30)18-10-11-22(33-4)23(17-18)34-5/h7-11,16-17,20H,6,12-15H2,1-5H3. The fourth-order valence-electron chi connectivity index (χ4n) is 4.70. The molecule has 2 amide bonds. The number of carbonyl (C=O) groups is 2. The van der Waals surface area contributed by atoms with Crippen LogP contribution in [-0.4, -0.2) is 67.4 Å². The molecule has 1 saturated heterocycles. The van der Waals surface area contributed by atoms with Gasteiger partial charge < -0.3 is 19.1 Å². The third-order valence-electron chi connectivity index (χ3n) is 6.69. The lowest BCUT2D eigenvalue weighted by Gasteiger charge is -2.35. The first kappa shape index (κ1) is 24.6. The highest BCUT2D eigenvalue weighted by atomic mass is 16.5. The lowest BCUT2D eigenvalue weighted by atomic mass is 9.83. The van der Waals surface area contributed by atoms with Gasteiger partial charge >= 0.3 is 0 Å². The summed E-state index contributed by atoms with van der Waals surface area (Å²) in [6, 6.07) is 12.8. The maximum Gasteiger partial charge on any atom is 0.254 e. The number of nitrogens with zero attached hydrogens (tertiary/aromatic N) is 3. The smallest absolute Gasteiger partial charge is 0.254 e. The number of ether oxygens (including phenoxy) is 3. The SMILES string of the molecule is CCOc1cccc(C(=O)N2CCC(N3N=C(c4ccc(OC)c(OC)c4)C(C)(C)C3=O)CC2)c1. The summed E-state index contributed by atoms with van der Waals surface area (Å²) in [6.45, 7) is 7.39. The molecule has 4 rings (SSSR count). The van der Waals surface area contributed by atoms with Crippen molar-refractivity contribution in [1.82, 2.24) is 9.91 Å². The Morgan fingerprint density at radius 2 is 1.77 bits per heavy atom. The van der Waals surface area contributed by atoms with Crippen LogP contribution in [0.2, 0.25) is 0 Å². The molecular weight excluding hydrogens is 446 g/mol. The van der Waals surface area contributed by atoms with E-state index in [9.17, 15) is 9.59 Å². The molecule has 8 heteroatoms. The van der Waals surface area contributed by atoms with Gasteiger partial charge in [-0.05, 0) is 70.0 Å². The third kappa shape index (κ3) is 4.70. The Bertz CT molecular complexity index is 1140. The number of benzene rings is 2. The number of hydrogen-bond donors (Lipinski definition) is 0. The Morgan fingerprint density at radius 3 is 2.43 bits per heavy atom. The van der Waals surface area contributed by atoms with E-state index in [0.717, 1.165) is 5.56 Å². The topological polar surface area (TPSA) is 80.7 Å². The summed E-state index contributed by atoms with van der Waals surface area (Å²) in [5.74, 6) is 1.86. The third-order valence-corrected chi connectivity index (χ3v) is 6.69. The minimum absolute atomic E-state index is 0.0207. The summed E-state index contributed by atoms with van der Waals surface area (Å²) >= 11 is 0. The number of hydrogen-bond acceptors (Lipinski definition) is 6. The maximum atomic E-state index is 13.4. The molecule has 2 heterocycles. The van der Waals surface area contributed by atoms with Crippen molar-refractivity contribution in [3.8, 4) is 17.2 Å². The van der Waals surface area contributed by atoms with Gasteiger partial charge in [-0.3, -0.25) is 9.59 Å². The van der Waals surface area contributed by atoms with Crippen LogP contribution in [-0.2, 0) is 4.79 Å². The highest BCUT2D eigenvalue weighted by Crippen LogP contribution is 2.37. The number of rotatable bonds is 7. The van der Waals surface area contributed by atoms with Gasteiger partial charge in [-0.25, -0.2) is 5.01 Å². The van der Waals surface area contributed by atoms with Crippen molar-refractivity contribution in [3.05, 3.63) is 53.6 Å². The molecule has 2 aliphatic rings. The first-order valence-electron chi connectivity index (χ1n) is 12.0. The number of hydrazone groups is 1. The van der Waals surface area contributed by atoms with Gasteiger partial charge in [0.05, 0.1) is 38.0 Å². The largest absolute Gasteiger partial charge is 0.494 e. The number of likely N-dealkylation sites (tertiary alicyclic amines) is 1. The van der Waals surface area contributed by atoms with Crippen LogP contribution in [0, 0.1) is 5.41 Å². The number of amides is 2. The van der Waals surface area contributed by atoms with Crippen LogP contribution in [0.25, 0.3) is 0 Å². The molecule has 2 aliphatic heterocycles. The van der Waals surface area contributed by atoms with E-state index in [2.05, 4.69) is 0 Å². The van der Waals surface area contributed by atoms with Crippen LogP contribution in [0.3, 0.4) is 0 Å². The van der Waals surface area contributed by atoms with Gasteiger partial charge in [-0.1, -0.05) is 6.07 Å². The molecule has 0 aromatic heterocycles. The molecule has 0 N–H and O–H groups in total. The minimum atomic E-state index is -0.772. The van der Waals surface area contributed by atoms with E-state index in [4.69, 9.17) is 19.3 Å². The average Bonchev–Trinajstić information content (AvgIpc) is 3.12. The molecule has 0 radical (unpaired) electrons. The minimum Gasteiger partial charge on any atom is -0.494 e. The summed E-state index contributed by atoms with van der Waals surface area (Å²) in [6.07, 6.45) is 1.34. The zero-order chi connectivity index (χ0) is 25.2. The fourth-order valence-corrected chi connectivity index (χ4v) is 4.70. The van der Waals surface area contributed by atoms with Gasteiger partial charge in [0.25, 0.3) is 11.8 Å². The van der Waals surface area contributed by atoms with E-state index >= 15 is 0 Å². The molecule has 0 aliphatic carbocycles. The van der Waals surface area contributed by atoms with Crippen molar-refractivity contribution in [2.45, 2.75) is 39.7 Å². The van der Waals surface area contributed by atoms with Crippen LogP contribution in [0.15, 0.2) is 47.6 Å². The van der Waals surface area contributed by atoms with Crippen molar-refractivity contribution in [1.29, 1.82) is 0 Å². The zero-order valence-corrected chi connectivity index (χ0v) is 21.0. The maximum absolute atomic E-state index is 13.4. The van der Waals surface area contributed by atoms with Crippen LogP contribution in [0.1, 0.15) is 49.5 Å². The Morgan fingerprint density at radius 1 is 1.06 bits per heavy atom. The monoisotopic (exact) mass is 479 g/mol. The second-order valence-electron chi connectivity index (χ2n) is 9.28. The lowest BCUT2D eigenvalue weighted by Crippen LogP contribution is -2.47. The van der Waals surface area contributed by atoms with Crippen LogP contribution in [0.4, 0.5) is 0 Å². The molecule has 0 saturated carbocycles. The Balaban J connectivity index is 1.49. The predicted octanol–water partition coefficient (Wildman–Crippen LogP) is 3.98. The molecule has 35 heavy (non-hydrogen) atoms. The molecule has 8 nitrogen and oxygen atoms in total.